The van der Waals surface area contributed by atoms with Gasteiger partial charge in [0.25, 0.3) is 5.91 Å². The summed E-state index contributed by atoms with van der Waals surface area (Å²) in [5, 5.41) is 5.36. The van der Waals surface area contributed by atoms with Crippen molar-refractivity contribution in [3.63, 3.8) is 0 Å². The van der Waals surface area contributed by atoms with E-state index in [1.165, 1.54) is 0 Å². The Hall–Kier alpha value is -2.81. The molecule has 0 aliphatic heterocycles. The maximum absolute atomic E-state index is 12.9. The first kappa shape index (κ1) is 19.0. The molecule has 3 nitrogen and oxygen atoms in total. The molecule has 140 valence electrons. The van der Waals surface area contributed by atoms with Crippen molar-refractivity contribution in [2.45, 2.75) is 46.1 Å². The summed E-state index contributed by atoms with van der Waals surface area (Å²) in [6, 6.07) is 20.2. The van der Waals surface area contributed by atoms with Gasteiger partial charge >= 0.3 is 0 Å². The molecule has 0 unspecified atom stereocenters. The highest BCUT2D eigenvalue weighted by Crippen LogP contribution is 2.28. The predicted octanol–water partition coefficient (Wildman–Crippen LogP) is 6.07. The van der Waals surface area contributed by atoms with Crippen molar-refractivity contribution in [2.75, 3.05) is 5.32 Å². The van der Waals surface area contributed by atoms with E-state index in [0.717, 1.165) is 27.6 Å². The average molecular weight is 361 g/mol. The van der Waals surface area contributed by atoms with Gasteiger partial charge < -0.3 is 10.1 Å². The minimum Gasteiger partial charge on any atom is -0.481 e. The van der Waals surface area contributed by atoms with Gasteiger partial charge in [-0.05, 0) is 53.3 Å². The summed E-state index contributed by atoms with van der Waals surface area (Å²) >= 11 is 0. The monoisotopic (exact) mass is 361 g/mol. The highest BCUT2D eigenvalue weighted by molar-refractivity contribution is 5.96. The number of aryl methyl sites for hydroxylation is 1. The normalized spacial score (nSPS) is 12.2. The van der Waals surface area contributed by atoms with Gasteiger partial charge in [0.2, 0.25) is 0 Å². The maximum Gasteiger partial charge on any atom is 0.265 e. The number of rotatable bonds is 6. The quantitative estimate of drug-likeness (QED) is 0.579. The van der Waals surface area contributed by atoms with Crippen LogP contribution in [0.25, 0.3) is 10.8 Å². The van der Waals surface area contributed by atoms with Crippen LogP contribution in [0, 0.1) is 6.92 Å². The molecule has 3 heteroatoms. The lowest BCUT2D eigenvalue weighted by Gasteiger charge is -2.21. The van der Waals surface area contributed by atoms with Crippen molar-refractivity contribution in [3.05, 3.63) is 71.8 Å². The fourth-order valence-electron chi connectivity index (χ4n) is 3.27. The number of anilines is 1. The molecule has 3 aromatic rings. The Kier molecular flexibility index (Phi) is 5.80. The van der Waals surface area contributed by atoms with E-state index in [1.54, 1.807) is 0 Å². The largest absolute Gasteiger partial charge is 0.481 e. The van der Waals surface area contributed by atoms with Crippen molar-refractivity contribution >= 4 is 22.4 Å². The van der Waals surface area contributed by atoms with Gasteiger partial charge in [0, 0.05) is 5.69 Å². The van der Waals surface area contributed by atoms with Crippen LogP contribution in [-0.2, 0) is 4.79 Å². The molecule has 0 radical (unpaired) electrons. The van der Waals surface area contributed by atoms with Gasteiger partial charge in [0.1, 0.15) is 5.75 Å². The molecule has 0 saturated heterocycles. The van der Waals surface area contributed by atoms with Crippen molar-refractivity contribution in [2.24, 2.45) is 0 Å². The molecule has 0 aliphatic rings. The maximum atomic E-state index is 12.9. The standard InChI is InChI=1S/C24H27NO2/c1-5-22(27-20-14-13-18-10-6-7-11-19(18)15-20)24(26)25-23-17(4)9-8-12-21(23)16(2)3/h6-16,22H,5H2,1-4H3,(H,25,26)/t22-/m0/s1. The molecule has 3 aromatic carbocycles. The lowest BCUT2D eigenvalue weighted by Crippen LogP contribution is -2.33. The minimum absolute atomic E-state index is 0.109. The van der Waals surface area contributed by atoms with E-state index >= 15 is 0 Å². The van der Waals surface area contributed by atoms with Crippen LogP contribution in [0.5, 0.6) is 5.75 Å². The van der Waals surface area contributed by atoms with E-state index in [4.69, 9.17) is 4.74 Å². The summed E-state index contributed by atoms with van der Waals surface area (Å²) < 4.78 is 6.03. The Morgan fingerprint density at radius 2 is 1.74 bits per heavy atom. The molecule has 1 N–H and O–H groups in total. The summed E-state index contributed by atoms with van der Waals surface area (Å²) in [6.45, 7) is 8.25. The number of nitrogens with one attached hydrogen (secondary N) is 1. The molecule has 0 heterocycles. The highest BCUT2D eigenvalue weighted by atomic mass is 16.5. The number of para-hydroxylation sites is 1. The van der Waals surface area contributed by atoms with Crippen molar-refractivity contribution in [1.29, 1.82) is 0 Å². The Bertz CT molecular complexity index is 946. The van der Waals surface area contributed by atoms with Crippen LogP contribution >= 0.6 is 0 Å². The third-order valence-corrected chi connectivity index (χ3v) is 4.84. The fraction of sp³-hybridized carbons (Fsp3) is 0.292. The first-order valence-corrected chi connectivity index (χ1v) is 9.55. The third kappa shape index (κ3) is 4.30. The van der Waals surface area contributed by atoms with Crippen LogP contribution in [0.3, 0.4) is 0 Å². The Balaban J connectivity index is 1.80. The first-order valence-electron chi connectivity index (χ1n) is 9.55. The Labute approximate surface area is 161 Å². The number of carbonyl (C=O) groups is 1. The van der Waals surface area contributed by atoms with Crippen LogP contribution in [0.15, 0.2) is 60.7 Å². The molecule has 0 aromatic heterocycles. The number of hydrogen-bond acceptors (Lipinski definition) is 2. The van der Waals surface area contributed by atoms with E-state index in [0.29, 0.717) is 18.1 Å². The summed E-state index contributed by atoms with van der Waals surface area (Å²) in [6.07, 6.45) is 0.0624. The highest BCUT2D eigenvalue weighted by Gasteiger charge is 2.21. The second-order valence-electron chi connectivity index (χ2n) is 7.21. The summed E-state index contributed by atoms with van der Waals surface area (Å²) in [5.41, 5.74) is 3.11. The van der Waals surface area contributed by atoms with Gasteiger partial charge in [-0.2, -0.15) is 0 Å². The lowest BCUT2D eigenvalue weighted by molar-refractivity contribution is -0.122. The van der Waals surface area contributed by atoms with Crippen LogP contribution in [0.4, 0.5) is 5.69 Å². The zero-order valence-corrected chi connectivity index (χ0v) is 16.5. The van der Waals surface area contributed by atoms with Crippen LogP contribution in [0.2, 0.25) is 0 Å². The summed E-state index contributed by atoms with van der Waals surface area (Å²) in [4.78, 5) is 12.9. The lowest BCUT2D eigenvalue weighted by atomic mass is 9.98. The third-order valence-electron chi connectivity index (χ3n) is 4.84. The molecular formula is C24H27NO2. The molecule has 0 fully saturated rings. The molecule has 0 saturated carbocycles. The molecule has 1 atom stereocenters. The van der Waals surface area contributed by atoms with Crippen molar-refractivity contribution in [3.8, 4) is 5.75 Å². The van der Waals surface area contributed by atoms with Crippen molar-refractivity contribution in [1.82, 2.24) is 0 Å². The zero-order valence-electron chi connectivity index (χ0n) is 16.5. The average Bonchev–Trinajstić information content (AvgIpc) is 2.67. The van der Waals surface area contributed by atoms with Crippen molar-refractivity contribution < 1.29 is 9.53 Å². The fourth-order valence-corrected chi connectivity index (χ4v) is 3.27. The second-order valence-corrected chi connectivity index (χ2v) is 7.21. The van der Waals surface area contributed by atoms with Crippen LogP contribution in [-0.4, -0.2) is 12.0 Å². The SMILES string of the molecule is CC[C@H](Oc1ccc2ccccc2c1)C(=O)Nc1c(C)cccc1C(C)C. The van der Waals surface area contributed by atoms with E-state index in [2.05, 4.69) is 31.3 Å². The summed E-state index contributed by atoms with van der Waals surface area (Å²) in [5.74, 6) is 0.938. The minimum atomic E-state index is -0.536. The topological polar surface area (TPSA) is 38.3 Å². The number of hydrogen-bond donors (Lipinski definition) is 1. The second kappa shape index (κ2) is 8.26. The Morgan fingerprint density at radius 3 is 2.44 bits per heavy atom. The number of carbonyl (C=O) groups excluding carboxylic acids is 1. The van der Waals surface area contributed by atoms with E-state index in [-0.39, 0.29) is 5.91 Å². The van der Waals surface area contributed by atoms with Gasteiger partial charge in [-0.15, -0.1) is 0 Å². The first-order chi connectivity index (χ1) is 13.0. The molecule has 0 spiro atoms. The van der Waals surface area contributed by atoms with Crippen LogP contribution < -0.4 is 10.1 Å². The summed E-state index contributed by atoms with van der Waals surface area (Å²) in [7, 11) is 0. The number of benzene rings is 3. The Morgan fingerprint density at radius 1 is 1.00 bits per heavy atom. The van der Waals surface area contributed by atoms with Gasteiger partial charge in [-0.25, -0.2) is 0 Å². The predicted molar refractivity (Wildman–Crippen MR) is 113 cm³/mol. The van der Waals surface area contributed by atoms with Gasteiger partial charge in [0.15, 0.2) is 6.10 Å². The number of fused-ring (bicyclic) bond motifs is 1. The van der Waals surface area contributed by atoms with E-state index in [9.17, 15) is 4.79 Å². The van der Waals surface area contributed by atoms with Gasteiger partial charge in [-0.3, -0.25) is 4.79 Å². The molecule has 1 amide bonds. The van der Waals surface area contributed by atoms with E-state index < -0.39 is 6.10 Å². The molecule has 0 bridgehead atoms. The number of ether oxygens (including phenoxy) is 1. The smallest absolute Gasteiger partial charge is 0.265 e. The van der Waals surface area contributed by atoms with Gasteiger partial charge in [0.05, 0.1) is 0 Å². The number of amides is 1. The van der Waals surface area contributed by atoms with Crippen LogP contribution in [0.1, 0.15) is 44.2 Å². The molecule has 27 heavy (non-hydrogen) atoms. The molecule has 0 aliphatic carbocycles. The van der Waals surface area contributed by atoms with E-state index in [1.807, 2.05) is 62.4 Å². The zero-order chi connectivity index (χ0) is 19.4. The molecular weight excluding hydrogens is 334 g/mol. The molecule has 3 rings (SSSR count). The van der Waals surface area contributed by atoms with Gasteiger partial charge in [-0.1, -0.05) is 69.3 Å².